The van der Waals surface area contributed by atoms with Crippen molar-refractivity contribution >= 4 is 12.0 Å². The lowest BCUT2D eigenvalue weighted by atomic mass is 9.67. The molecule has 1 rings (SSSR count). The molecule has 0 aromatic rings. The van der Waals surface area contributed by atoms with E-state index in [4.69, 9.17) is 5.11 Å². The molecule has 2 amide bonds. The van der Waals surface area contributed by atoms with Gasteiger partial charge >= 0.3 is 12.0 Å². The van der Waals surface area contributed by atoms with Gasteiger partial charge in [-0.3, -0.25) is 0 Å². The first-order chi connectivity index (χ1) is 8.94. The first kappa shape index (κ1) is 15.8. The Hall–Kier alpha value is -1.26. The summed E-state index contributed by atoms with van der Waals surface area (Å²) in [4.78, 5) is 22.9. The molecule has 110 valence electrons. The van der Waals surface area contributed by atoms with Gasteiger partial charge < -0.3 is 15.7 Å². The molecule has 1 aliphatic carbocycles. The first-order valence-electron chi connectivity index (χ1n) is 7.21. The maximum Gasteiger partial charge on any atom is 0.326 e. The number of carboxylic acids is 1. The Morgan fingerprint density at radius 1 is 1.32 bits per heavy atom. The second-order valence-electron chi connectivity index (χ2n) is 5.74. The minimum Gasteiger partial charge on any atom is -0.480 e. The zero-order valence-electron chi connectivity index (χ0n) is 12.2. The third-order valence-corrected chi connectivity index (χ3v) is 4.55. The molecular weight excluding hydrogens is 244 g/mol. The van der Waals surface area contributed by atoms with Crippen LogP contribution >= 0.6 is 0 Å². The summed E-state index contributed by atoms with van der Waals surface area (Å²) in [5, 5.41) is 14.5. The van der Waals surface area contributed by atoms with E-state index in [9.17, 15) is 9.59 Å². The molecule has 1 unspecified atom stereocenters. The number of rotatable bonds is 7. The first-order valence-corrected chi connectivity index (χ1v) is 7.21. The summed E-state index contributed by atoms with van der Waals surface area (Å²) in [6.07, 6.45) is 5.30. The summed E-state index contributed by atoms with van der Waals surface area (Å²) in [7, 11) is 0. The Labute approximate surface area is 115 Å². The molecule has 0 aliphatic heterocycles. The zero-order chi connectivity index (χ0) is 14.5. The third kappa shape index (κ3) is 4.11. The van der Waals surface area contributed by atoms with E-state index in [1.807, 2.05) is 13.8 Å². The molecule has 1 saturated carbocycles. The number of nitrogens with one attached hydrogen (secondary N) is 2. The number of carbonyl (C=O) groups excluding carboxylic acids is 1. The van der Waals surface area contributed by atoms with E-state index in [1.54, 1.807) is 0 Å². The van der Waals surface area contributed by atoms with Crippen molar-refractivity contribution in [2.24, 2.45) is 11.3 Å². The molecule has 0 aromatic carbocycles. The van der Waals surface area contributed by atoms with Gasteiger partial charge in [-0.15, -0.1) is 0 Å². The molecule has 0 radical (unpaired) electrons. The monoisotopic (exact) mass is 270 g/mol. The van der Waals surface area contributed by atoms with Gasteiger partial charge in [0.15, 0.2) is 0 Å². The molecule has 0 saturated heterocycles. The van der Waals surface area contributed by atoms with Crippen LogP contribution in [0.25, 0.3) is 0 Å². The molecule has 0 spiro atoms. The summed E-state index contributed by atoms with van der Waals surface area (Å²) in [6, 6.07) is -1.18. The van der Waals surface area contributed by atoms with E-state index in [-0.39, 0.29) is 17.4 Å². The Balaban J connectivity index is 2.42. The molecule has 5 nitrogen and oxygen atoms in total. The molecule has 0 aromatic heterocycles. The SMILES string of the molecule is CCC(C)[C@H](NC(=O)NCC1(CC)CCC1)C(=O)O. The van der Waals surface area contributed by atoms with E-state index in [0.717, 1.165) is 25.7 Å². The minimum atomic E-state index is -0.974. The van der Waals surface area contributed by atoms with Crippen LogP contribution in [0.5, 0.6) is 0 Å². The molecular formula is C14H26N2O3. The number of hydrogen-bond donors (Lipinski definition) is 3. The van der Waals surface area contributed by atoms with Crippen molar-refractivity contribution in [3.63, 3.8) is 0 Å². The summed E-state index contributed by atoms with van der Waals surface area (Å²) >= 11 is 0. The number of carboxylic acid groups (broad SMARTS) is 1. The van der Waals surface area contributed by atoms with Crippen LogP contribution in [0.4, 0.5) is 4.79 Å². The van der Waals surface area contributed by atoms with Crippen molar-refractivity contribution in [1.82, 2.24) is 10.6 Å². The van der Waals surface area contributed by atoms with Crippen LogP contribution in [0.15, 0.2) is 0 Å². The number of urea groups is 1. The largest absolute Gasteiger partial charge is 0.480 e. The highest BCUT2D eigenvalue weighted by Crippen LogP contribution is 2.42. The highest BCUT2D eigenvalue weighted by atomic mass is 16.4. The van der Waals surface area contributed by atoms with Gasteiger partial charge in [0.25, 0.3) is 0 Å². The van der Waals surface area contributed by atoms with Gasteiger partial charge in [0.2, 0.25) is 0 Å². The minimum absolute atomic E-state index is 0.0768. The van der Waals surface area contributed by atoms with Crippen molar-refractivity contribution in [2.75, 3.05) is 6.54 Å². The maximum atomic E-state index is 11.8. The van der Waals surface area contributed by atoms with Crippen molar-refractivity contribution in [1.29, 1.82) is 0 Å². The van der Waals surface area contributed by atoms with Crippen LogP contribution in [0.2, 0.25) is 0 Å². The van der Waals surface area contributed by atoms with E-state index < -0.39 is 12.0 Å². The summed E-state index contributed by atoms with van der Waals surface area (Å²) < 4.78 is 0. The van der Waals surface area contributed by atoms with E-state index in [2.05, 4.69) is 17.6 Å². The summed E-state index contributed by atoms with van der Waals surface area (Å²) in [5.74, 6) is -1.05. The van der Waals surface area contributed by atoms with E-state index in [1.165, 1.54) is 6.42 Å². The Morgan fingerprint density at radius 2 is 1.95 bits per heavy atom. The average Bonchev–Trinajstić information content (AvgIpc) is 2.34. The predicted molar refractivity (Wildman–Crippen MR) is 74.0 cm³/mol. The fourth-order valence-corrected chi connectivity index (χ4v) is 2.48. The normalized spacial score (nSPS) is 19.9. The number of hydrogen-bond acceptors (Lipinski definition) is 2. The number of carbonyl (C=O) groups is 2. The van der Waals surface area contributed by atoms with Crippen LogP contribution in [-0.4, -0.2) is 29.7 Å². The number of aliphatic carboxylic acids is 1. The second kappa shape index (κ2) is 6.78. The van der Waals surface area contributed by atoms with E-state index in [0.29, 0.717) is 6.54 Å². The second-order valence-corrected chi connectivity index (χ2v) is 5.74. The fourth-order valence-electron chi connectivity index (χ4n) is 2.48. The van der Waals surface area contributed by atoms with Crippen LogP contribution < -0.4 is 10.6 Å². The van der Waals surface area contributed by atoms with Gasteiger partial charge in [-0.1, -0.05) is 33.6 Å². The summed E-state index contributed by atoms with van der Waals surface area (Å²) in [5.41, 5.74) is 0.242. The average molecular weight is 270 g/mol. The standard InChI is InChI=1S/C14H26N2O3/c1-4-10(3)11(12(17)18)16-13(19)15-9-14(5-2)7-6-8-14/h10-11H,4-9H2,1-3H3,(H,17,18)(H2,15,16,19)/t10?,11-/m0/s1. The highest BCUT2D eigenvalue weighted by molar-refractivity contribution is 5.82. The lowest BCUT2D eigenvalue weighted by Gasteiger charge is -2.41. The Bertz CT molecular complexity index is 321. The molecule has 1 aliphatic rings. The van der Waals surface area contributed by atoms with Gasteiger partial charge in [-0.25, -0.2) is 9.59 Å². The molecule has 0 heterocycles. The predicted octanol–water partition coefficient (Wildman–Crippen LogP) is 2.37. The van der Waals surface area contributed by atoms with Crippen LogP contribution in [0.3, 0.4) is 0 Å². The number of amides is 2. The molecule has 5 heteroatoms. The Kier molecular flexibility index (Phi) is 5.63. The Morgan fingerprint density at radius 3 is 2.32 bits per heavy atom. The quantitative estimate of drug-likeness (QED) is 0.664. The molecule has 2 atom stereocenters. The fraction of sp³-hybridized carbons (Fsp3) is 0.857. The van der Waals surface area contributed by atoms with Crippen molar-refractivity contribution in [2.45, 2.75) is 58.9 Å². The third-order valence-electron chi connectivity index (χ3n) is 4.55. The zero-order valence-corrected chi connectivity index (χ0v) is 12.2. The van der Waals surface area contributed by atoms with Crippen molar-refractivity contribution in [3.8, 4) is 0 Å². The highest BCUT2D eigenvalue weighted by Gasteiger charge is 2.35. The maximum absolute atomic E-state index is 11.8. The van der Waals surface area contributed by atoms with Crippen molar-refractivity contribution < 1.29 is 14.7 Å². The smallest absolute Gasteiger partial charge is 0.326 e. The molecule has 0 bridgehead atoms. The van der Waals surface area contributed by atoms with Crippen molar-refractivity contribution in [3.05, 3.63) is 0 Å². The van der Waals surface area contributed by atoms with Gasteiger partial charge in [0.05, 0.1) is 0 Å². The molecule has 19 heavy (non-hydrogen) atoms. The topological polar surface area (TPSA) is 78.4 Å². The van der Waals surface area contributed by atoms with Gasteiger partial charge in [-0.2, -0.15) is 0 Å². The lowest BCUT2D eigenvalue weighted by molar-refractivity contribution is -0.140. The molecule has 3 N–H and O–H groups in total. The van der Waals surface area contributed by atoms with Gasteiger partial charge in [0, 0.05) is 6.54 Å². The van der Waals surface area contributed by atoms with Crippen LogP contribution in [0, 0.1) is 11.3 Å². The van der Waals surface area contributed by atoms with Crippen LogP contribution in [0.1, 0.15) is 52.9 Å². The lowest BCUT2D eigenvalue weighted by Crippen LogP contribution is -2.51. The van der Waals surface area contributed by atoms with Gasteiger partial charge in [-0.05, 0) is 30.6 Å². The van der Waals surface area contributed by atoms with E-state index >= 15 is 0 Å². The van der Waals surface area contributed by atoms with Gasteiger partial charge in [0.1, 0.15) is 6.04 Å². The van der Waals surface area contributed by atoms with Crippen LogP contribution in [-0.2, 0) is 4.79 Å². The molecule has 1 fully saturated rings. The summed E-state index contributed by atoms with van der Waals surface area (Å²) in [6.45, 7) is 6.53.